The first-order valence-electron chi connectivity index (χ1n) is 6.66. The largest absolute Gasteiger partial charge is 0.370 e. The molecule has 106 valence electrons. The van der Waals surface area contributed by atoms with Gasteiger partial charge >= 0.3 is 0 Å². The number of anilines is 1. The molecular formula is C15H20N4O. The first-order valence-corrected chi connectivity index (χ1v) is 6.66. The highest BCUT2D eigenvalue weighted by atomic mass is 16.1. The zero-order valence-corrected chi connectivity index (χ0v) is 12.1. The van der Waals surface area contributed by atoms with Crippen LogP contribution < -0.4 is 11.1 Å². The number of nitrogens with zero attached hydrogens (tertiary/aromatic N) is 2. The summed E-state index contributed by atoms with van der Waals surface area (Å²) in [7, 11) is 1.84. The van der Waals surface area contributed by atoms with Gasteiger partial charge in [-0.25, -0.2) is 0 Å². The van der Waals surface area contributed by atoms with Gasteiger partial charge in [-0.1, -0.05) is 19.1 Å². The van der Waals surface area contributed by atoms with E-state index in [0.29, 0.717) is 0 Å². The molecule has 0 aliphatic carbocycles. The van der Waals surface area contributed by atoms with Crippen LogP contribution in [0.2, 0.25) is 0 Å². The van der Waals surface area contributed by atoms with Gasteiger partial charge in [0.15, 0.2) is 0 Å². The van der Waals surface area contributed by atoms with Crippen LogP contribution in [0, 0.1) is 6.92 Å². The van der Waals surface area contributed by atoms with E-state index in [1.165, 1.54) is 0 Å². The van der Waals surface area contributed by atoms with E-state index in [9.17, 15) is 4.79 Å². The number of nitrogens with one attached hydrogen (secondary N) is 1. The third-order valence-electron chi connectivity index (χ3n) is 3.20. The van der Waals surface area contributed by atoms with Crippen molar-refractivity contribution < 1.29 is 4.79 Å². The summed E-state index contributed by atoms with van der Waals surface area (Å²) in [6, 6.07) is 7.29. The molecule has 3 N–H and O–H groups in total. The van der Waals surface area contributed by atoms with Crippen molar-refractivity contribution in [1.29, 1.82) is 0 Å². The smallest absolute Gasteiger partial charge is 0.244 e. The number of carbonyl (C=O) groups excluding carboxylic acids is 1. The van der Waals surface area contributed by atoms with Crippen LogP contribution in [0.4, 0.5) is 5.69 Å². The molecule has 0 aliphatic rings. The summed E-state index contributed by atoms with van der Waals surface area (Å²) in [4.78, 5) is 11.8. The number of nitrogens with two attached hydrogens (primary N) is 1. The van der Waals surface area contributed by atoms with E-state index in [0.717, 1.165) is 28.9 Å². The fraction of sp³-hybridized carbons (Fsp3) is 0.333. The number of benzene rings is 1. The summed E-state index contributed by atoms with van der Waals surface area (Å²) in [6.07, 6.45) is 2.60. The number of aryl methyl sites for hydroxylation is 3. The van der Waals surface area contributed by atoms with E-state index >= 15 is 0 Å². The van der Waals surface area contributed by atoms with Crippen LogP contribution in [-0.2, 0) is 18.3 Å². The van der Waals surface area contributed by atoms with Crippen molar-refractivity contribution in [1.82, 2.24) is 9.78 Å². The molecule has 20 heavy (non-hydrogen) atoms. The van der Waals surface area contributed by atoms with Crippen LogP contribution in [0.25, 0.3) is 0 Å². The van der Waals surface area contributed by atoms with Gasteiger partial charge in [0.1, 0.15) is 6.04 Å². The summed E-state index contributed by atoms with van der Waals surface area (Å²) in [5.74, 6) is -0.408. The summed E-state index contributed by atoms with van der Waals surface area (Å²) >= 11 is 0. The quantitative estimate of drug-likeness (QED) is 0.873. The molecule has 1 atom stereocenters. The molecule has 0 saturated heterocycles. The normalized spacial score (nSPS) is 12.2. The molecule has 1 amide bonds. The van der Waals surface area contributed by atoms with Gasteiger partial charge < -0.3 is 11.1 Å². The second-order valence-electron chi connectivity index (χ2n) is 4.91. The number of amides is 1. The lowest BCUT2D eigenvalue weighted by molar-refractivity contribution is -0.118. The highest BCUT2D eigenvalue weighted by molar-refractivity contribution is 5.84. The molecule has 5 nitrogen and oxygen atoms in total. The van der Waals surface area contributed by atoms with Gasteiger partial charge in [-0.2, -0.15) is 5.10 Å². The van der Waals surface area contributed by atoms with E-state index in [1.807, 2.05) is 51.4 Å². The molecule has 1 aromatic carbocycles. The molecule has 2 rings (SSSR count). The Balaban J connectivity index is 2.34. The van der Waals surface area contributed by atoms with Crippen molar-refractivity contribution in [2.75, 3.05) is 5.32 Å². The van der Waals surface area contributed by atoms with E-state index in [1.54, 1.807) is 4.68 Å². The molecule has 0 bridgehead atoms. The van der Waals surface area contributed by atoms with Crippen LogP contribution in [0.1, 0.15) is 29.8 Å². The van der Waals surface area contributed by atoms with Gasteiger partial charge in [-0.15, -0.1) is 0 Å². The molecule has 0 spiro atoms. The molecule has 0 saturated carbocycles. The van der Waals surface area contributed by atoms with Crippen LogP contribution in [-0.4, -0.2) is 15.7 Å². The number of rotatable bonds is 5. The molecule has 2 aromatic rings. The lowest BCUT2D eigenvalue weighted by Crippen LogP contribution is -2.28. The van der Waals surface area contributed by atoms with Crippen molar-refractivity contribution in [3.63, 3.8) is 0 Å². The number of aromatic nitrogens is 2. The standard InChI is InChI=1S/C15H20N4O/c1-4-13-12(9-19(3)18-13)14(15(16)20)17-11-7-5-6-10(2)8-11/h5-9,14,17H,4H2,1-3H3,(H2,16,20). The molecule has 0 radical (unpaired) electrons. The van der Waals surface area contributed by atoms with Gasteiger partial charge in [0.25, 0.3) is 0 Å². The van der Waals surface area contributed by atoms with Gasteiger partial charge in [0.05, 0.1) is 5.69 Å². The molecule has 1 aromatic heterocycles. The van der Waals surface area contributed by atoms with E-state index in [2.05, 4.69) is 10.4 Å². The molecule has 5 heteroatoms. The third-order valence-corrected chi connectivity index (χ3v) is 3.20. The van der Waals surface area contributed by atoms with Crippen molar-refractivity contribution in [3.8, 4) is 0 Å². The number of hydrogen-bond donors (Lipinski definition) is 2. The van der Waals surface area contributed by atoms with E-state index in [4.69, 9.17) is 5.73 Å². The average molecular weight is 272 g/mol. The molecule has 1 heterocycles. The third kappa shape index (κ3) is 2.99. The SMILES string of the molecule is CCc1nn(C)cc1C(Nc1cccc(C)c1)C(N)=O. The molecule has 0 aliphatic heterocycles. The highest BCUT2D eigenvalue weighted by Gasteiger charge is 2.22. The summed E-state index contributed by atoms with van der Waals surface area (Å²) in [5, 5.41) is 7.56. The molecule has 1 unspecified atom stereocenters. The van der Waals surface area contributed by atoms with Crippen LogP contribution >= 0.6 is 0 Å². The zero-order valence-electron chi connectivity index (χ0n) is 12.1. The topological polar surface area (TPSA) is 72.9 Å². The fourth-order valence-electron chi connectivity index (χ4n) is 2.27. The Hall–Kier alpha value is -2.30. The lowest BCUT2D eigenvalue weighted by atomic mass is 10.1. The Bertz CT molecular complexity index is 618. The number of hydrogen-bond acceptors (Lipinski definition) is 3. The maximum Gasteiger partial charge on any atom is 0.244 e. The van der Waals surface area contributed by atoms with Crippen molar-refractivity contribution in [3.05, 3.63) is 47.3 Å². The van der Waals surface area contributed by atoms with Crippen molar-refractivity contribution in [2.24, 2.45) is 12.8 Å². The second-order valence-corrected chi connectivity index (χ2v) is 4.91. The summed E-state index contributed by atoms with van der Waals surface area (Å²) in [5.41, 5.74) is 9.27. The van der Waals surface area contributed by atoms with Gasteiger partial charge in [-0.3, -0.25) is 9.48 Å². The summed E-state index contributed by atoms with van der Waals surface area (Å²) < 4.78 is 1.71. The Morgan fingerprint density at radius 1 is 1.50 bits per heavy atom. The van der Waals surface area contributed by atoms with Crippen molar-refractivity contribution >= 4 is 11.6 Å². The maximum absolute atomic E-state index is 11.8. The van der Waals surface area contributed by atoms with Crippen molar-refractivity contribution in [2.45, 2.75) is 26.3 Å². The van der Waals surface area contributed by atoms with Gasteiger partial charge in [0.2, 0.25) is 5.91 Å². The minimum atomic E-state index is -0.569. The van der Waals surface area contributed by atoms with Crippen LogP contribution in [0.15, 0.2) is 30.5 Å². The molecular weight excluding hydrogens is 252 g/mol. The first-order chi connectivity index (χ1) is 9.51. The fourth-order valence-corrected chi connectivity index (χ4v) is 2.27. The monoisotopic (exact) mass is 272 g/mol. The predicted octanol–water partition coefficient (Wildman–Crippen LogP) is 1.93. The lowest BCUT2D eigenvalue weighted by Gasteiger charge is -2.17. The predicted molar refractivity (Wildman–Crippen MR) is 79.3 cm³/mol. The zero-order chi connectivity index (χ0) is 14.7. The number of primary amides is 1. The average Bonchev–Trinajstić information content (AvgIpc) is 2.76. The van der Waals surface area contributed by atoms with E-state index < -0.39 is 11.9 Å². The minimum absolute atomic E-state index is 0.408. The molecule has 0 fully saturated rings. The number of carbonyl (C=O) groups is 1. The Morgan fingerprint density at radius 3 is 2.85 bits per heavy atom. The van der Waals surface area contributed by atoms with Crippen LogP contribution in [0.3, 0.4) is 0 Å². The van der Waals surface area contributed by atoms with E-state index in [-0.39, 0.29) is 0 Å². The first kappa shape index (κ1) is 14.1. The minimum Gasteiger partial charge on any atom is -0.370 e. The van der Waals surface area contributed by atoms with Gasteiger partial charge in [-0.05, 0) is 31.0 Å². The van der Waals surface area contributed by atoms with Crippen LogP contribution in [0.5, 0.6) is 0 Å². The Morgan fingerprint density at radius 2 is 2.25 bits per heavy atom. The summed E-state index contributed by atoms with van der Waals surface area (Å²) in [6.45, 7) is 4.02. The Kier molecular flexibility index (Phi) is 4.08. The second kappa shape index (κ2) is 5.77. The highest BCUT2D eigenvalue weighted by Crippen LogP contribution is 2.23. The maximum atomic E-state index is 11.8. The Labute approximate surface area is 118 Å². The van der Waals surface area contributed by atoms with Gasteiger partial charge in [0, 0.05) is 24.5 Å².